The van der Waals surface area contributed by atoms with E-state index in [-0.39, 0.29) is 0 Å². The van der Waals surface area contributed by atoms with E-state index in [2.05, 4.69) is 6.07 Å². The van der Waals surface area contributed by atoms with Gasteiger partial charge in [0.05, 0.1) is 17.7 Å². The molecular formula is C16H15NO. The third-order valence-corrected chi connectivity index (χ3v) is 3.10. The Hall–Kier alpha value is -2.11. The zero-order valence-electron chi connectivity index (χ0n) is 10.3. The number of nitriles is 1. The van der Waals surface area contributed by atoms with Crippen LogP contribution in [0.15, 0.2) is 48.5 Å². The first kappa shape index (κ1) is 12.3. The molecule has 0 heterocycles. The first-order chi connectivity index (χ1) is 8.70. The molecule has 1 atom stereocenters. The summed E-state index contributed by atoms with van der Waals surface area (Å²) in [5.74, 6) is 0. The normalized spacial score (nSPS) is 11.8. The van der Waals surface area contributed by atoms with Gasteiger partial charge >= 0.3 is 0 Å². The molecule has 2 aromatic rings. The van der Waals surface area contributed by atoms with E-state index in [9.17, 15) is 5.11 Å². The molecule has 0 amide bonds. The fraction of sp³-hybridized carbons (Fsp3) is 0.188. The van der Waals surface area contributed by atoms with Gasteiger partial charge in [0, 0.05) is 6.42 Å². The van der Waals surface area contributed by atoms with Crippen molar-refractivity contribution in [2.75, 3.05) is 0 Å². The van der Waals surface area contributed by atoms with Crippen LogP contribution < -0.4 is 0 Å². The highest BCUT2D eigenvalue weighted by Gasteiger charge is 2.09. The smallest absolute Gasteiger partial charge is 0.0991 e. The van der Waals surface area contributed by atoms with Crippen molar-refractivity contribution in [2.45, 2.75) is 19.4 Å². The summed E-state index contributed by atoms with van der Waals surface area (Å²) in [6, 6.07) is 17.2. The molecule has 0 aliphatic carbocycles. The predicted molar refractivity (Wildman–Crippen MR) is 71.0 cm³/mol. The minimum absolute atomic E-state index is 0.529. The van der Waals surface area contributed by atoms with Gasteiger partial charge in [-0.15, -0.1) is 0 Å². The Morgan fingerprint density at radius 1 is 1.11 bits per heavy atom. The van der Waals surface area contributed by atoms with Gasteiger partial charge in [-0.1, -0.05) is 36.4 Å². The minimum atomic E-state index is -0.529. The summed E-state index contributed by atoms with van der Waals surface area (Å²) in [4.78, 5) is 0. The molecule has 2 rings (SSSR count). The molecule has 0 aliphatic rings. The summed E-state index contributed by atoms with van der Waals surface area (Å²) in [6.07, 6.45) is 0.0670. The summed E-state index contributed by atoms with van der Waals surface area (Å²) >= 11 is 0. The number of benzene rings is 2. The summed E-state index contributed by atoms with van der Waals surface area (Å²) in [6.45, 7) is 2.04. The van der Waals surface area contributed by atoms with Crippen LogP contribution in [0.5, 0.6) is 0 Å². The zero-order valence-corrected chi connectivity index (χ0v) is 10.3. The monoisotopic (exact) mass is 237 g/mol. The van der Waals surface area contributed by atoms with Crippen LogP contribution in [0.2, 0.25) is 0 Å². The standard InChI is InChI=1S/C16H15NO/c1-12-4-2-3-5-15(12)10-16(18)14-8-6-13(11-17)7-9-14/h2-9,16,18H,10H2,1H3. The van der Waals surface area contributed by atoms with E-state index in [4.69, 9.17) is 5.26 Å². The number of aryl methyl sites for hydroxylation is 1. The Morgan fingerprint density at radius 3 is 2.39 bits per heavy atom. The maximum absolute atomic E-state index is 10.2. The molecule has 0 aliphatic heterocycles. The Balaban J connectivity index is 2.15. The van der Waals surface area contributed by atoms with Gasteiger partial charge in [-0.05, 0) is 35.7 Å². The predicted octanol–water partition coefficient (Wildman–Crippen LogP) is 3.14. The van der Waals surface area contributed by atoms with Crippen LogP contribution in [0.4, 0.5) is 0 Å². The minimum Gasteiger partial charge on any atom is -0.388 e. The number of hydrogen-bond donors (Lipinski definition) is 1. The third kappa shape index (κ3) is 2.77. The molecule has 90 valence electrons. The van der Waals surface area contributed by atoms with Crippen LogP contribution in [-0.2, 0) is 6.42 Å². The van der Waals surface area contributed by atoms with Crippen molar-refractivity contribution in [2.24, 2.45) is 0 Å². The highest BCUT2D eigenvalue weighted by molar-refractivity contribution is 5.34. The summed E-state index contributed by atoms with van der Waals surface area (Å²) < 4.78 is 0. The van der Waals surface area contributed by atoms with Crippen LogP contribution in [0.25, 0.3) is 0 Å². The van der Waals surface area contributed by atoms with Crippen molar-refractivity contribution < 1.29 is 5.11 Å². The number of hydrogen-bond acceptors (Lipinski definition) is 2. The molecule has 2 heteroatoms. The molecule has 0 radical (unpaired) electrons. The topological polar surface area (TPSA) is 44.0 Å². The Labute approximate surface area is 107 Å². The highest BCUT2D eigenvalue weighted by atomic mass is 16.3. The molecule has 0 fully saturated rings. The second kappa shape index (κ2) is 5.48. The van der Waals surface area contributed by atoms with Crippen molar-refractivity contribution in [1.82, 2.24) is 0 Å². The fourth-order valence-corrected chi connectivity index (χ4v) is 1.95. The van der Waals surface area contributed by atoms with Crippen LogP contribution in [-0.4, -0.2) is 5.11 Å². The molecular weight excluding hydrogens is 222 g/mol. The molecule has 0 bridgehead atoms. The Bertz CT molecular complexity index is 566. The molecule has 1 unspecified atom stereocenters. The van der Waals surface area contributed by atoms with E-state index in [0.29, 0.717) is 12.0 Å². The molecule has 0 saturated heterocycles. The van der Waals surface area contributed by atoms with Crippen molar-refractivity contribution >= 4 is 0 Å². The SMILES string of the molecule is Cc1ccccc1CC(O)c1ccc(C#N)cc1. The summed E-state index contributed by atoms with van der Waals surface area (Å²) in [5, 5.41) is 18.9. The second-order valence-electron chi connectivity index (χ2n) is 4.38. The van der Waals surface area contributed by atoms with Gasteiger partial charge in [0.1, 0.15) is 0 Å². The average Bonchev–Trinajstić information content (AvgIpc) is 2.41. The second-order valence-corrected chi connectivity index (χ2v) is 4.38. The maximum Gasteiger partial charge on any atom is 0.0991 e. The first-order valence-corrected chi connectivity index (χ1v) is 5.93. The van der Waals surface area contributed by atoms with E-state index < -0.39 is 6.10 Å². The van der Waals surface area contributed by atoms with Crippen molar-refractivity contribution in [3.8, 4) is 6.07 Å². The molecule has 0 saturated carbocycles. The number of rotatable bonds is 3. The van der Waals surface area contributed by atoms with Gasteiger partial charge in [0.2, 0.25) is 0 Å². The van der Waals surface area contributed by atoms with E-state index in [1.54, 1.807) is 12.1 Å². The van der Waals surface area contributed by atoms with E-state index in [0.717, 1.165) is 11.1 Å². The van der Waals surface area contributed by atoms with Crippen LogP contribution in [0, 0.1) is 18.3 Å². The lowest BCUT2D eigenvalue weighted by molar-refractivity contribution is 0.178. The summed E-state index contributed by atoms with van der Waals surface area (Å²) in [5.41, 5.74) is 3.79. The lowest BCUT2D eigenvalue weighted by Crippen LogP contribution is -2.03. The van der Waals surface area contributed by atoms with Crippen molar-refractivity contribution in [3.05, 3.63) is 70.8 Å². The first-order valence-electron chi connectivity index (χ1n) is 5.93. The maximum atomic E-state index is 10.2. The molecule has 2 aromatic carbocycles. The summed E-state index contributed by atoms with van der Waals surface area (Å²) in [7, 11) is 0. The third-order valence-electron chi connectivity index (χ3n) is 3.10. The number of aliphatic hydroxyl groups is 1. The molecule has 18 heavy (non-hydrogen) atoms. The molecule has 0 aromatic heterocycles. The number of aliphatic hydroxyl groups excluding tert-OH is 1. The van der Waals surface area contributed by atoms with Crippen LogP contribution >= 0.6 is 0 Å². The largest absolute Gasteiger partial charge is 0.388 e. The zero-order chi connectivity index (χ0) is 13.0. The highest BCUT2D eigenvalue weighted by Crippen LogP contribution is 2.20. The number of nitrogens with zero attached hydrogens (tertiary/aromatic N) is 1. The van der Waals surface area contributed by atoms with Crippen LogP contribution in [0.1, 0.15) is 28.4 Å². The average molecular weight is 237 g/mol. The lowest BCUT2D eigenvalue weighted by Gasteiger charge is -2.12. The van der Waals surface area contributed by atoms with Gasteiger partial charge in [-0.25, -0.2) is 0 Å². The fourth-order valence-electron chi connectivity index (χ4n) is 1.95. The Kier molecular flexibility index (Phi) is 3.76. The van der Waals surface area contributed by atoms with Crippen molar-refractivity contribution in [1.29, 1.82) is 5.26 Å². The molecule has 1 N–H and O–H groups in total. The molecule has 0 spiro atoms. The van der Waals surface area contributed by atoms with Gasteiger partial charge in [0.15, 0.2) is 0 Å². The Morgan fingerprint density at radius 2 is 1.78 bits per heavy atom. The van der Waals surface area contributed by atoms with Gasteiger partial charge in [0.25, 0.3) is 0 Å². The van der Waals surface area contributed by atoms with Gasteiger partial charge in [-0.3, -0.25) is 0 Å². The van der Waals surface area contributed by atoms with Crippen molar-refractivity contribution in [3.63, 3.8) is 0 Å². The van der Waals surface area contributed by atoms with E-state index in [1.807, 2.05) is 43.3 Å². The van der Waals surface area contributed by atoms with Crippen LogP contribution in [0.3, 0.4) is 0 Å². The quantitative estimate of drug-likeness (QED) is 0.891. The van der Waals surface area contributed by atoms with E-state index in [1.165, 1.54) is 5.56 Å². The van der Waals surface area contributed by atoms with Gasteiger partial charge in [-0.2, -0.15) is 5.26 Å². The van der Waals surface area contributed by atoms with E-state index >= 15 is 0 Å². The lowest BCUT2D eigenvalue weighted by atomic mass is 9.98. The van der Waals surface area contributed by atoms with Gasteiger partial charge < -0.3 is 5.11 Å². The molecule has 2 nitrogen and oxygen atoms in total.